The lowest BCUT2D eigenvalue weighted by molar-refractivity contribution is -0.139. The number of nitrogens with one attached hydrogen (secondary N) is 1. The molecule has 0 radical (unpaired) electrons. The number of likely N-dealkylation sites (tertiary alicyclic amines) is 1. The van der Waals surface area contributed by atoms with Crippen molar-refractivity contribution < 1.29 is 14.4 Å². The third-order valence-corrected chi connectivity index (χ3v) is 4.81. The van der Waals surface area contributed by atoms with E-state index in [-0.39, 0.29) is 55.4 Å². The second-order valence-corrected chi connectivity index (χ2v) is 6.80. The zero-order chi connectivity index (χ0) is 17.9. The van der Waals surface area contributed by atoms with Crippen LogP contribution in [-0.2, 0) is 16.1 Å². The number of benzene rings is 1. The van der Waals surface area contributed by atoms with Gasteiger partial charge in [0.15, 0.2) is 0 Å². The molecule has 25 heavy (non-hydrogen) atoms. The van der Waals surface area contributed by atoms with Crippen molar-refractivity contribution in [2.24, 2.45) is 11.7 Å². The third-order valence-electron chi connectivity index (χ3n) is 4.81. The first-order valence-electron chi connectivity index (χ1n) is 8.21. The molecule has 0 aromatic heterocycles. The number of imide groups is 1. The van der Waals surface area contributed by atoms with Crippen molar-refractivity contribution in [1.29, 1.82) is 0 Å². The highest BCUT2D eigenvalue weighted by molar-refractivity contribution is 6.01. The molecule has 2 rings (SSSR count). The SMILES string of the molecule is CC(C)C(C)(CN)NC(=O)c1ccc(CN2C(=O)CCC2=O)cc1.Cl. The van der Waals surface area contributed by atoms with Crippen molar-refractivity contribution in [3.05, 3.63) is 35.4 Å². The maximum atomic E-state index is 12.4. The summed E-state index contributed by atoms with van der Waals surface area (Å²) in [4.78, 5) is 37.0. The molecule has 7 heteroatoms. The highest BCUT2D eigenvalue weighted by atomic mass is 35.5. The summed E-state index contributed by atoms with van der Waals surface area (Å²) in [6, 6.07) is 6.94. The molecular formula is C18H26ClN3O3. The van der Waals surface area contributed by atoms with Crippen LogP contribution in [-0.4, -0.2) is 34.7 Å². The van der Waals surface area contributed by atoms with E-state index in [1.54, 1.807) is 24.3 Å². The van der Waals surface area contributed by atoms with E-state index >= 15 is 0 Å². The Morgan fingerprint density at radius 3 is 2.16 bits per heavy atom. The fraction of sp³-hybridized carbons (Fsp3) is 0.500. The smallest absolute Gasteiger partial charge is 0.251 e. The normalized spacial score (nSPS) is 16.6. The van der Waals surface area contributed by atoms with Gasteiger partial charge in [0.25, 0.3) is 5.91 Å². The van der Waals surface area contributed by atoms with E-state index in [2.05, 4.69) is 5.32 Å². The summed E-state index contributed by atoms with van der Waals surface area (Å²) in [7, 11) is 0. The molecule has 3 N–H and O–H groups in total. The minimum absolute atomic E-state index is 0. The number of carbonyl (C=O) groups excluding carboxylic acids is 3. The molecule has 138 valence electrons. The number of nitrogens with two attached hydrogens (primary N) is 1. The quantitative estimate of drug-likeness (QED) is 0.750. The summed E-state index contributed by atoms with van der Waals surface area (Å²) in [5.74, 6) is -0.260. The highest BCUT2D eigenvalue weighted by Gasteiger charge is 2.30. The van der Waals surface area contributed by atoms with Gasteiger partial charge in [0, 0.05) is 24.9 Å². The number of halogens is 1. The summed E-state index contributed by atoms with van der Waals surface area (Å²) in [5, 5.41) is 2.98. The molecule has 0 aliphatic carbocycles. The summed E-state index contributed by atoms with van der Waals surface area (Å²) in [6.07, 6.45) is 0.568. The van der Waals surface area contributed by atoms with E-state index in [0.717, 1.165) is 5.56 Å². The topological polar surface area (TPSA) is 92.5 Å². The minimum atomic E-state index is -0.468. The van der Waals surface area contributed by atoms with Gasteiger partial charge in [-0.05, 0) is 30.5 Å². The molecule has 6 nitrogen and oxygen atoms in total. The molecule has 0 spiro atoms. The molecule has 1 aromatic carbocycles. The van der Waals surface area contributed by atoms with Crippen molar-refractivity contribution >= 4 is 30.1 Å². The zero-order valence-corrected chi connectivity index (χ0v) is 15.7. The van der Waals surface area contributed by atoms with Crippen LogP contribution in [0.1, 0.15) is 49.5 Å². The monoisotopic (exact) mass is 367 g/mol. The average molecular weight is 368 g/mol. The molecule has 3 amide bonds. The Hall–Kier alpha value is -1.92. The predicted molar refractivity (Wildman–Crippen MR) is 98.2 cm³/mol. The lowest BCUT2D eigenvalue weighted by atomic mass is 9.88. The van der Waals surface area contributed by atoms with Gasteiger partial charge in [-0.2, -0.15) is 0 Å². The Kier molecular flexibility index (Phi) is 7.14. The van der Waals surface area contributed by atoms with Crippen LogP contribution < -0.4 is 11.1 Å². The minimum Gasteiger partial charge on any atom is -0.345 e. The molecule has 1 unspecified atom stereocenters. The standard InChI is InChI=1S/C18H25N3O3.ClH/c1-12(2)18(3,11-19)20-17(24)14-6-4-13(5-7-14)10-21-15(22)8-9-16(21)23;/h4-7,12H,8-11,19H2,1-3H3,(H,20,24);1H. The Labute approximate surface area is 154 Å². The number of nitrogens with zero attached hydrogens (tertiary/aromatic N) is 1. The molecule has 0 saturated carbocycles. The molecule has 1 aromatic rings. The predicted octanol–water partition coefficient (Wildman–Crippen LogP) is 1.86. The molecular weight excluding hydrogens is 342 g/mol. The third kappa shape index (κ3) is 4.80. The van der Waals surface area contributed by atoms with E-state index in [0.29, 0.717) is 12.1 Å². The molecule has 1 heterocycles. The Morgan fingerprint density at radius 1 is 1.20 bits per heavy atom. The number of hydrogen-bond acceptors (Lipinski definition) is 4. The summed E-state index contributed by atoms with van der Waals surface area (Å²) >= 11 is 0. The van der Waals surface area contributed by atoms with E-state index < -0.39 is 5.54 Å². The fourth-order valence-corrected chi connectivity index (χ4v) is 2.51. The maximum absolute atomic E-state index is 12.4. The second-order valence-electron chi connectivity index (χ2n) is 6.80. The Balaban J connectivity index is 0.00000312. The fourth-order valence-electron chi connectivity index (χ4n) is 2.51. The van der Waals surface area contributed by atoms with E-state index in [9.17, 15) is 14.4 Å². The lowest BCUT2D eigenvalue weighted by Gasteiger charge is -2.33. The van der Waals surface area contributed by atoms with E-state index in [4.69, 9.17) is 5.73 Å². The largest absolute Gasteiger partial charge is 0.345 e. The van der Waals surface area contributed by atoms with Crippen LogP contribution >= 0.6 is 12.4 Å². The van der Waals surface area contributed by atoms with Gasteiger partial charge in [0.2, 0.25) is 11.8 Å². The van der Waals surface area contributed by atoms with Gasteiger partial charge in [-0.1, -0.05) is 26.0 Å². The average Bonchev–Trinajstić information content (AvgIpc) is 2.87. The van der Waals surface area contributed by atoms with Gasteiger partial charge >= 0.3 is 0 Å². The van der Waals surface area contributed by atoms with Crippen LogP contribution in [0.2, 0.25) is 0 Å². The van der Waals surface area contributed by atoms with Crippen molar-refractivity contribution in [3.63, 3.8) is 0 Å². The van der Waals surface area contributed by atoms with E-state index in [1.165, 1.54) is 4.90 Å². The van der Waals surface area contributed by atoms with Gasteiger partial charge in [-0.25, -0.2) is 0 Å². The van der Waals surface area contributed by atoms with Crippen LogP contribution in [0.5, 0.6) is 0 Å². The van der Waals surface area contributed by atoms with Crippen molar-refractivity contribution in [1.82, 2.24) is 10.2 Å². The first-order valence-corrected chi connectivity index (χ1v) is 8.21. The second kappa shape index (κ2) is 8.45. The van der Waals surface area contributed by atoms with Crippen molar-refractivity contribution in [3.8, 4) is 0 Å². The van der Waals surface area contributed by atoms with Crippen molar-refractivity contribution in [2.45, 2.75) is 45.7 Å². The molecule has 1 saturated heterocycles. The maximum Gasteiger partial charge on any atom is 0.251 e. The number of hydrogen-bond donors (Lipinski definition) is 2. The first kappa shape index (κ1) is 21.1. The summed E-state index contributed by atoms with van der Waals surface area (Å²) < 4.78 is 0. The van der Waals surface area contributed by atoms with Crippen LogP contribution in [0.3, 0.4) is 0 Å². The van der Waals surface area contributed by atoms with Gasteiger partial charge < -0.3 is 11.1 Å². The summed E-state index contributed by atoms with van der Waals surface area (Å²) in [6.45, 7) is 6.56. The Morgan fingerprint density at radius 2 is 1.72 bits per heavy atom. The zero-order valence-electron chi connectivity index (χ0n) is 14.9. The van der Waals surface area contributed by atoms with Gasteiger partial charge in [-0.15, -0.1) is 12.4 Å². The first-order chi connectivity index (χ1) is 11.3. The van der Waals surface area contributed by atoms with Gasteiger partial charge in [0.05, 0.1) is 12.1 Å². The highest BCUT2D eigenvalue weighted by Crippen LogP contribution is 2.18. The molecule has 1 fully saturated rings. The molecule has 1 aliphatic rings. The van der Waals surface area contributed by atoms with Gasteiger partial charge in [-0.3, -0.25) is 19.3 Å². The number of amides is 3. The van der Waals surface area contributed by atoms with Crippen LogP contribution in [0.4, 0.5) is 0 Å². The van der Waals surface area contributed by atoms with Crippen LogP contribution in [0.15, 0.2) is 24.3 Å². The van der Waals surface area contributed by atoms with Crippen LogP contribution in [0, 0.1) is 5.92 Å². The Bertz CT molecular complexity index is 629. The van der Waals surface area contributed by atoms with Crippen LogP contribution in [0.25, 0.3) is 0 Å². The summed E-state index contributed by atoms with van der Waals surface area (Å²) in [5.41, 5.74) is 6.67. The molecule has 1 aliphatic heterocycles. The number of rotatable bonds is 6. The lowest BCUT2D eigenvalue weighted by Crippen LogP contribution is -2.55. The molecule has 0 bridgehead atoms. The van der Waals surface area contributed by atoms with E-state index in [1.807, 2.05) is 20.8 Å². The van der Waals surface area contributed by atoms with Crippen molar-refractivity contribution in [2.75, 3.05) is 6.54 Å². The molecule has 1 atom stereocenters. The van der Waals surface area contributed by atoms with Gasteiger partial charge in [0.1, 0.15) is 0 Å². The number of carbonyl (C=O) groups is 3.